The Morgan fingerprint density at radius 3 is 2.32 bits per heavy atom. The Balaban J connectivity index is 2.01. The topological polar surface area (TPSA) is 20.2 Å². The molecule has 1 nitrogen and oxygen atoms in total. The summed E-state index contributed by atoms with van der Waals surface area (Å²) < 4.78 is 27.3. The predicted octanol–water partition coefficient (Wildman–Crippen LogP) is 3.72. The summed E-state index contributed by atoms with van der Waals surface area (Å²) in [7, 11) is 0. The highest BCUT2D eigenvalue weighted by Crippen LogP contribution is 2.15. The van der Waals surface area contributed by atoms with Gasteiger partial charge in [-0.1, -0.05) is 18.2 Å². The van der Waals surface area contributed by atoms with Gasteiger partial charge in [-0.05, 0) is 58.3 Å². The number of aliphatic hydroxyl groups excluding tert-OH is 1. The maximum Gasteiger partial charge on any atom is 0.129 e. The Labute approximate surface area is 124 Å². The fraction of sp³-hybridized carbons (Fsp3) is 0.200. The number of rotatable bonds is 4. The van der Waals surface area contributed by atoms with Gasteiger partial charge < -0.3 is 5.11 Å². The molecule has 2 rings (SSSR count). The van der Waals surface area contributed by atoms with E-state index in [0.29, 0.717) is 12.0 Å². The summed E-state index contributed by atoms with van der Waals surface area (Å²) in [5.74, 6) is -1.21. The summed E-state index contributed by atoms with van der Waals surface area (Å²) in [4.78, 5) is 0. The first-order chi connectivity index (χ1) is 9.04. The van der Waals surface area contributed by atoms with Crippen LogP contribution in [0.3, 0.4) is 0 Å². The van der Waals surface area contributed by atoms with Crippen LogP contribution in [0.15, 0.2) is 42.5 Å². The van der Waals surface area contributed by atoms with Gasteiger partial charge in [-0.2, -0.15) is 0 Å². The molecule has 0 bridgehead atoms. The van der Waals surface area contributed by atoms with Crippen LogP contribution >= 0.6 is 22.6 Å². The lowest BCUT2D eigenvalue weighted by Crippen LogP contribution is -2.15. The van der Waals surface area contributed by atoms with Gasteiger partial charge >= 0.3 is 0 Å². The normalized spacial score (nSPS) is 12.4. The molecule has 2 aromatic carbocycles. The lowest BCUT2D eigenvalue weighted by molar-refractivity contribution is 0.174. The van der Waals surface area contributed by atoms with Gasteiger partial charge in [0, 0.05) is 16.1 Å². The molecule has 19 heavy (non-hydrogen) atoms. The third kappa shape index (κ3) is 4.24. The van der Waals surface area contributed by atoms with E-state index in [1.54, 1.807) is 0 Å². The van der Waals surface area contributed by atoms with Gasteiger partial charge in [-0.25, -0.2) is 8.78 Å². The molecule has 1 atom stereocenters. The SMILES string of the molecule is OC(Cc1ccc(I)cc1)Cc1ccc(F)cc1F. The molecule has 1 unspecified atom stereocenters. The third-order valence-electron chi connectivity index (χ3n) is 2.86. The van der Waals surface area contributed by atoms with Crippen LogP contribution < -0.4 is 0 Å². The van der Waals surface area contributed by atoms with Crippen LogP contribution in [0.25, 0.3) is 0 Å². The lowest BCUT2D eigenvalue weighted by Gasteiger charge is -2.11. The maximum absolute atomic E-state index is 13.5. The van der Waals surface area contributed by atoms with Gasteiger partial charge in [-0.3, -0.25) is 0 Å². The van der Waals surface area contributed by atoms with E-state index in [1.807, 2.05) is 24.3 Å². The minimum atomic E-state index is -0.681. The van der Waals surface area contributed by atoms with Gasteiger partial charge in [0.2, 0.25) is 0 Å². The standard InChI is InChI=1S/C15H13F2IO/c16-12-4-3-11(15(17)9-12)8-14(19)7-10-1-5-13(18)6-2-10/h1-6,9,14,19H,7-8H2. The van der Waals surface area contributed by atoms with E-state index in [9.17, 15) is 13.9 Å². The van der Waals surface area contributed by atoms with Gasteiger partial charge in [-0.15, -0.1) is 0 Å². The number of hydrogen-bond acceptors (Lipinski definition) is 1. The van der Waals surface area contributed by atoms with Crippen LogP contribution in [-0.4, -0.2) is 11.2 Å². The third-order valence-corrected chi connectivity index (χ3v) is 3.57. The molecule has 2 aromatic rings. The summed E-state index contributed by atoms with van der Waals surface area (Å²) in [5, 5.41) is 9.96. The first-order valence-corrected chi connectivity index (χ1v) is 6.99. The van der Waals surface area contributed by atoms with Crippen molar-refractivity contribution in [2.24, 2.45) is 0 Å². The molecular formula is C15H13F2IO. The first kappa shape index (κ1) is 14.4. The molecule has 1 N–H and O–H groups in total. The first-order valence-electron chi connectivity index (χ1n) is 5.91. The molecule has 0 aliphatic carbocycles. The quantitative estimate of drug-likeness (QED) is 0.809. The van der Waals surface area contributed by atoms with Crippen LogP contribution in [0, 0.1) is 15.2 Å². The Morgan fingerprint density at radius 1 is 1.00 bits per heavy atom. The zero-order valence-corrected chi connectivity index (χ0v) is 12.3. The Kier molecular flexibility index (Phi) is 4.87. The molecule has 0 aliphatic heterocycles. The van der Waals surface area contributed by atoms with Crippen molar-refractivity contribution in [1.82, 2.24) is 0 Å². The molecule has 0 heterocycles. The lowest BCUT2D eigenvalue weighted by atomic mass is 10.0. The molecule has 100 valence electrons. The zero-order chi connectivity index (χ0) is 13.8. The molecule has 0 spiro atoms. The second-order valence-corrected chi connectivity index (χ2v) is 5.67. The number of benzene rings is 2. The Bertz CT molecular complexity index is 555. The summed E-state index contributed by atoms with van der Waals surface area (Å²) in [5.41, 5.74) is 1.33. The van der Waals surface area contributed by atoms with Gasteiger partial charge in [0.1, 0.15) is 11.6 Å². The minimum Gasteiger partial charge on any atom is -0.392 e. The number of halogens is 3. The van der Waals surface area contributed by atoms with Crippen LogP contribution in [-0.2, 0) is 12.8 Å². The molecule has 0 amide bonds. The van der Waals surface area contributed by atoms with Crippen molar-refractivity contribution in [2.75, 3.05) is 0 Å². The van der Waals surface area contributed by atoms with Crippen molar-refractivity contribution >= 4 is 22.6 Å². The van der Waals surface area contributed by atoms with E-state index in [2.05, 4.69) is 22.6 Å². The maximum atomic E-state index is 13.5. The fourth-order valence-electron chi connectivity index (χ4n) is 1.91. The average molecular weight is 374 g/mol. The van der Waals surface area contributed by atoms with Crippen molar-refractivity contribution in [1.29, 1.82) is 0 Å². The van der Waals surface area contributed by atoms with Crippen LogP contribution in [0.5, 0.6) is 0 Å². The monoisotopic (exact) mass is 374 g/mol. The highest BCUT2D eigenvalue weighted by molar-refractivity contribution is 14.1. The summed E-state index contributed by atoms with van der Waals surface area (Å²) in [6.07, 6.45) is -0.0497. The second-order valence-electron chi connectivity index (χ2n) is 4.42. The van der Waals surface area contributed by atoms with Crippen LogP contribution in [0.1, 0.15) is 11.1 Å². The highest BCUT2D eigenvalue weighted by atomic mass is 127. The smallest absolute Gasteiger partial charge is 0.129 e. The predicted molar refractivity (Wildman–Crippen MR) is 78.9 cm³/mol. The largest absolute Gasteiger partial charge is 0.392 e. The van der Waals surface area contributed by atoms with Gasteiger partial charge in [0.25, 0.3) is 0 Å². The number of aliphatic hydroxyl groups is 1. The van der Waals surface area contributed by atoms with E-state index >= 15 is 0 Å². The van der Waals surface area contributed by atoms with E-state index < -0.39 is 17.7 Å². The van der Waals surface area contributed by atoms with Crippen molar-refractivity contribution in [3.8, 4) is 0 Å². The molecule has 0 aromatic heterocycles. The molecule has 0 radical (unpaired) electrons. The molecule has 0 fully saturated rings. The Morgan fingerprint density at radius 2 is 1.68 bits per heavy atom. The molecule has 4 heteroatoms. The summed E-state index contributed by atoms with van der Waals surface area (Å²) in [6, 6.07) is 11.2. The molecule has 0 saturated heterocycles. The second kappa shape index (κ2) is 6.43. The van der Waals surface area contributed by atoms with Crippen LogP contribution in [0.4, 0.5) is 8.78 Å². The van der Waals surface area contributed by atoms with Crippen LogP contribution in [0.2, 0.25) is 0 Å². The van der Waals surface area contributed by atoms with Gasteiger partial charge in [0.05, 0.1) is 6.10 Å². The van der Waals surface area contributed by atoms with Crippen molar-refractivity contribution < 1.29 is 13.9 Å². The van der Waals surface area contributed by atoms with E-state index in [1.165, 1.54) is 12.1 Å². The van der Waals surface area contributed by atoms with E-state index in [-0.39, 0.29) is 6.42 Å². The highest BCUT2D eigenvalue weighted by Gasteiger charge is 2.11. The average Bonchev–Trinajstić information content (AvgIpc) is 2.36. The zero-order valence-electron chi connectivity index (χ0n) is 10.1. The number of hydrogen-bond donors (Lipinski definition) is 1. The summed E-state index contributed by atoms with van der Waals surface area (Å²) >= 11 is 2.21. The fourth-order valence-corrected chi connectivity index (χ4v) is 2.27. The van der Waals surface area contributed by atoms with Gasteiger partial charge in [0.15, 0.2) is 0 Å². The molecule has 0 aliphatic rings. The molecular weight excluding hydrogens is 361 g/mol. The van der Waals surface area contributed by atoms with Crippen molar-refractivity contribution in [3.05, 3.63) is 68.8 Å². The molecule has 0 saturated carbocycles. The van der Waals surface area contributed by atoms with E-state index in [0.717, 1.165) is 15.2 Å². The van der Waals surface area contributed by atoms with Crippen molar-refractivity contribution in [3.63, 3.8) is 0 Å². The van der Waals surface area contributed by atoms with Crippen molar-refractivity contribution in [2.45, 2.75) is 18.9 Å². The Hall–Kier alpha value is -1.01. The van der Waals surface area contributed by atoms with E-state index in [4.69, 9.17) is 0 Å². The summed E-state index contributed by atoms with van der Waals surface area (Å²) in [6.45, 7) is 0. The minimum absolute atomic E-state index is 0.179.